The molecule has 18 heavy (non-hydrogen) atoms. The van der Waals surface area contributed by atoms with Crippen molar-refractivity contribution in [3.63, 3.8) is 0 Å². The second-order valence-electron chi connectivity index (χ2n) is 4.43. The second kappa shape index (κ2) is 5.73. The maximum Gasteiger partial charge on any atom is 0.141 e. The zero-order valence-electron chi connectivity index (χ0n) is 10.6. The molecule has 0 aliphatic heterocycles. The Morgan fingerprint density at radius 1 is 1.28 bits per heavy atom. The Labute approximate surface area is 106 Å². The normalized spacial score (nSPS) is 11.1. The number of hydrogen-bond donors (Lipinski definition) is 1. The third kappa shape index (κ3) is 3.37. The SMILES string of the molecule is CC(C)NCCn1ccc(-c2ccc(F)cn2)n1. The fourth-order valence-corrected chi connectivity index (χ4v) is 1.62. The minimum absolute atomic E-state index is 0.334. The van der Waals surface area contributed by atoms with Crippen molar-refractivity contribution in [2.75, 3.05) is 6.54 Å². The molecule has 0 amide bonds. The summed E-state index contributed by atoms with van der Waals surface area (Å²) >= 11 is 0. The molecule has 0 aliphatic rings. The van der Waals surface area contributed by atoms with Crippen molar-refractivity contribution in [1.29, 1.82) is 0 Å². The molecule has 0 unspecified atom stereocenters. The maximum absolute atomic E-state index is 12.8. The van der Waals surface area contributed by atoms with Crippen LogP contribution in [-0.2, 0) is 6.54 Å². The molecule has 4 nitrogen and oxygen atoms in total. The number of rotatable bonds is 5. The van der Waals surface area contributed by atoms with Crippen molar-refractivity contribution >= 4 is 0 Å². The van der Waals surface area contributed by atoms with Crippen molar-refractivity contribution in [2.24, 2.45) is 0 Å². The largest absolute Gasteiger partial charge is 0.313 e. The Bertz CT molecular complexity index is 490. The van der Waals surface area contributed by atoms with E-state index in [2.05, 4.69) is 29.2 Å². The Hall–Kier alpha value is -1.75. The molecule has 0 saturated carbocycles. The average Bonchev–Trinajstić information content (AvgIpc) is 2.78. The first-order valence-electron chi connectivity index (χ1n) is 6.04. The third-order valence-corrected chi connectivity index (χ3v) is 2.52. The Kier molecular flexibility index (Phi) is 4.04. The van der Waals surface area contributed by atoms with Crippen LogP contribution in [0.3, 0.4) is 0 Å². The third-order valence-electron chi connectivity index (χ3n) is 2.52. The Morgan fingerprint density at radius 3 is 2.78 bits per heavy atom. The quantitative estimate of drug-likeness (QED) is 0.881. The summed E-state index contributed by atoms with van der Waals surface area (Å²) in [4.78, 5) is 4.00. The first-order valence-corrected chi connectivity index (χ1v) is 6.04. The molecule has 2 heterocycles. The van der Waals surface area contributed by atoms with Gasteiger partial charge in [-0.15, -0.1) is 0 Å². The van der Waals surface area contributed by atoms with Gasteiger partial charge in [0.15, 0.2) is 0 Å². The molecule has 0 saturated heterocycles. The van der Waals surface area contributed by atoms with Gasteiger partial charge in [-0.1, -0.05) is 13.8 Å². The molecule has 2 aromatic rings. The predicted molar refractivity (Wildman–Crippen MR) is 68.6 cm³/mol. The van der Waals surface area contributed by atoms with Gasteiger partial charge in [-0.05, 0) is 18.2 Å². The van der Waals surface area contributed by atoms with E-state index in [9.17, 15) is 4.39 Å². The fourth-order valence-electron chi connectivity index (χ4n) is 1.62. The number of nitrogens with one attached hydrogen (secondary N) is 1. The van der Waals surface area contributed by atoms with Crippen LogP contribution < -0.4 is 5.32 Å². The molecule has 0 fully saturated rings. The first kappa shape index (κ1) is 12.7. The topological polar surface area (TPSA) is 42.7 Å². The van der Waals surface area contributed by atoms with Gasteiger partial charge in [0.1, 0.15) is 11.5 Å². The average molecular weight is 248 g/mol. The van der Waals surface area contributed by atoms with Crippen molar-refractivity contribution in [2.45, 2.75) is 26.4 Å². The predicted octanol–water partition coefficient (Wildman–Crippen LogP) is 2.08. The summed E-state index contributed by atoms with van der Waals surface area (Å²) in [6.45, 7) is 5.89. The van der Waals surface area contributed by atoms with Crippen LogP contribution in [0.1, 0.15) is 13.8 Å². The van der Waals surface area contributed by atoms with E-state index in [1.165, 1.54) is 12.3 Å². The maximum atomic E-state index is 12.8. The van der Waals surface area contributed by atoms with Crippen molar-refractivity contribution in [3.05, 3.63) is 36.4 Å². The second-order valence-corrected chi connectivity index (χ2v) is 4.43. The monoisotopic (exact) mass is 248 g/mol. The summed E-state index contributed by atoms with van der Waals surface area (Å²) in [5, 5.41) is 7.72. The van der Waals surface area contributed by atoms with Gasteiger partial charge in [-0.25, -0.2) is 4.39 Å². The van der Waals surface area contributed by atoms with Crippen LogP contribution in [0.5, 0.6) is 0 Å². The lowest BCUT2D eigenvalue weighted by Gasteiger charge is -2.07. The molecule has 0 atom stereocenters. The van der Waals surface area contributed by atoms with E-state index >= 15 is 0 Å². The molecule has 2 rings (SSSR count). The lowest BCUT2D eigenvalue weighted by Crippen LogP contribution is -2.26. The van der Waals surface area contributed by atoms with Crippen LogP contribution in [-0.4, -0.2) is 27.4 Å². The van der Waals surface area contributed by atoms with Gasteiger partial charge < -0.3 is 5.32 Å². The number of nitrogens with zero attached hydrogens (tertiary/aromatic N) is 3. The molecular weight excluding hydrogens is 231 g/mol. The highest BCUT2D eigenvalue weighted by molar-refractivity contribution is 5.52. The molecule has 0 aromatic carbocycles. The standard InChI is InChI=1S/C13H17FN4/c1-10(2)15-6-8-18-7-5-13(17-18)12-4-3-11(14)9-16-12/h3-5,7,9-10,15H,6,8H2,1-2H3. The summed E-state index contributed by atoms with van der Waals surface area (Å²) < 4.78 is 14.6. The molecule has 96 valence electrons. The highest BCUT2D eigenvalue weighted by Crippen LogP contribution is 2.13. The summed E-state index contributed by atoms with van der Waals surface area (Å²) in [7, 11) is 0. The Balaban J connectivity index is 1.99. The molecular formula is C13H17FN4. The van der Waals surface area contributed by atoms with Crippen molar-refractivity contribution in [3.8, 4) is 11.4 Å². The van der Waals surface area contributed by atoms with Crippen LogP contribution >= 0.6 is 0 Å². The molecule has 2 aromatic heterocycles. The first-order chi connectivity index (χ1) is 8.65. The van der Waals surface area contributed by atoms with Gasteiger partial charge in [0.2, 0.25) is 0 Å². The number of pyridine rings is 1. The molecule has 1 N–H and O–H groups in total. The minimum atomic E-state index is -0.334. The van der Waals surface area contributed by atoms with Gasteiger partial charge in [0, 0.05) is 18.8 Å². The van der Waals surface area contributed by atoms with Crippen LogP contribution in [0.25, 0.3) is 11.4 Å². The van der Waals surface area contributed by atoms with E-state index in [0.29, 0.717) is 11.7 Å². The van der Waals surface area contributed by atoms with Crippen molar-refractivity contribution in [1.82, 2.24) is 20.1 Å². The van der Waals surface area contributed by atoms with Crippen LogP contribution in [0.2, 0.25) is 0 Å². The molecule has 0 spiro atoms. The van der Waals surface area contributed by atoms with E-state index in [1.807, 2.05) is 16.9 Å². The van der Waals surface area contributed by atoms with Crippen LogP contribution in [0.15, 0.2) is 30.6 Å². The van der Waals surface area contributed by atoms with E-state index in [1.54, 1.807) is 6.07 Å². The lowest BCUT2D eigenvalue weighted by molar-refractivity contribution is 0.516. The molecule has 0 radical (unpaired) electrons. The number of hydrogen-bond acceptors (Lipinski definition) is 3. The number of halogens is 1. The van der Waals surface area contributed by atoms with Crippen molar-refractivity contribution < 1.29 is 4.39 Å². The zero-order chi connectivity index (χ0) is 13.0. The summed E-state index contributed by atoms with van der Waals surface area (Å²) in [6, 6.07) is 5.38. The molecule has 0 bridgehead atoms. The van der Waals surface area contributed by atoms with Gasteiger partial charge >= 0.3 is 0 Å². The zero-order valence-corrected chi connectivity index (χ0v) is 10.6. The summed E-state index contributed by atoms with van der Waals surface area (Å²) in [5.74, 6) is -0.334. The van der Waals surface area contributed by atoms with Gasteiger partial charge in [-0.2, -0.15) is 5.10 Å². The summed E-state index contributed by atoms with van der Waals surface area (Å²) in [6.07, 6.45) is 3.11. The Morgan fingerprint density at radius 2 is 2.11 bits per heavy atom. The number of aromatic nitrogens is 3. The van der Waals surface area contributed by atoms with Gasteiger partial charge in [0.05, 0.1) is 18.4 Å². The summed E-state index contributed by atoms with van der Waals surface area (Å²) in [5.41, 5.74) is 1.45. The van der Waals surface area contributed by atoms with E-state index in [4.69, 9.17) is 0 Å². The smallest absolute Gasteiger partial charge is 0.141 e. The van der Waals surface area contributed by atoms with E-state index in [-0.39, 0.29) is 5.82 Å². The van der Waals surface area contributed by atoms with E-state index < -0.39 is 0 Å². The highest BCUT2D eigenvalue weighted by atomic mass is 19.1. The van der Waals surface area contributed by atoms with Crippen LogP contribution in [0.4, 0.5) is 4.39 Å². The minimum Gasteiger partial charge on any atom is -0.313 e. The van der Waals surface area contributed by atoms with Crippen LogP contribution in [0, 0.1) is 5.82 Å². The fraction of sp³-hybridized carbons (Fsp3) is 0.385. The van der Waals surface area contributed by atoms with E-state index in [0.717, 1.165) is 18.8 Å². The van der Waals surface area contributed by atoms with Gasteiger partial charge in [0.25, 0.3) is 0 Å². The highest BCUT2D eigenvalue weighted by Gasteiger charge is 2.04. The molecule has 0 aliphatic carbocycles. The lowest BCUT2D eigenvalue weighted by atomic mass is 10.3. The molecule has 5 heteroatoms. The van der Waals surface area contributed by atoms with Gasteiger partial charge in [-0.3, -0.25) is 9.67 Å².